The van der Waals surface area contributed by atoms with E-state index in [0.717, 1.165) is 16.3 Å². The van der Waals surface area contributed by atoms with Gasteiger partial charge in [-0.25, -0.2) is 0 Å². The molecular formula is C19H21NO3. The quantitative estimate of drug-likeness (QED) is 0.773. The molecule has 0 fully saturated rings. The van der Waals surface area contributed by atoms with Crippen LogP contribution in [0.25, 0.3) is 16.8 Å². The van der Waals surface area contributed by atoms with E-state index in [1.54, 1.807) is 13.0 Å². The first-order valence-electron chi connectivity index (χ1n) is 7.68. The molecule has 0 spiro atoms. The van der Waals surface area contributed by atoms with Crippen LogP contribution in [0.3, 0.4) is 0 Å². The largest absolute Gasteiger partial charge is 0.394 e. The summed E-state index contributed by atoms with van der Waals surface area (Å²) in [6.07, 6.45) is 3.56. The first-order chi connectivity index (χ1) is 11.1. The summed E-state index contributed by atoms with van der Waals surface area (Å²) in [6, 6.07) is 13.8. The molecule has 0 saturated carbocycles. The van der Waals surface area contributed by atoms with Crippen LogP contribution in [0, 0.1) is 0 Å². The Morgan fingerprint density at radius 1 is 1.13 bits per heavy atom. The van der Waals surface area contributed by atoms with E-state index in [0.29, 0.717) is 0 Å². The summed E-state index contributed by atoms with van der Waals surface area (Å²) in [5, 5.41) is 13.7. The lowest BCUT2D eigenvalue weighted by atomic mass is 10.1. The standard InChI is InChI=1S/C19H21NO3/c1-14(13-21)20-19(23)11-10-18(22)9-7-15-6-8-16-4-2-3-5-17(16)12-15/h2-9,12,14,21H,10-11,13H2,1H3,(H,20,23)/b9-7+/t14-/m1/s1. The van der Waals surface area contributed by atoms with Crippen LogP contribution in [0.1, 0.15) is 25.3 Å². The zero-order chi connectivity index (χ0) is 16.7. The highest BCUT2D eigenvalue weighted by molar-refractivity contribution is 5.96. The van der Waals surface area contributed by atoms with E-state index in [2.05, 4.69) is 5.32 Å². The lowest BCUT2D eigenvalue weighted by Gasteiger charge is -2.09. The van der Waals surface area contributed by atoms with Gasteiger partial charge < -0.3 is 10.4 Å². The second kappa shape index (κ2) is 8.25. The zero-order valence-electron chi connectivity index (χ0n) is 13.2. The van der Waals surface area contributed by atoms with Crippen molar-refractivity contribution in [3.8, 4) is 0 Å². The van der Waals surface area contributed by atoms with Crippen LogP contribution in [0.4, 0.5) is 0 Å². The SMILES string of the molecule is C[C@H](CO)NC(=O)CCC(=O)/C=C/c1ccc2ccccc2c1. The van der Waals surface area contributed by atoms with Crippen molar-refractivity contribution in [3.63, 3.8) is 0 Å². The Balaban J connectivity index is 1.88. The van der Waals surface area contributed by atoms with Gasteiger partial charge in [-0.1, -0.05) is 42.5 Å². The van der Waals surface area contributed by atoms with Gasteiger partial charge in [0.25, 0.3) is 0 Å². The van der Waals surface area contributed by atoms with E-state index in [1.165, 1.54) is 6.08 Å². The number of ketones is 1. The smallest absolute Gasteiger partial charge is 0.220 e. The second-order valence-electron chi connectivity index (χ2n) is 5.56. The van der Waals surface area contributed by atoms with Gasteiger partial charge in [-0.2, -0.15) is 0 Å². The van der Waals surface area contributed by atoms with E-state index in [1.807, 2.05) is 42.5 Å². The van der Waals surface area contributed by atoms with Crippen molar-refractivity contribution in [1.29, 1.82) is 0 Å². The Kier molecular flexibility index (Phi) is 6.06. The fourth-order valence-electron chi connectivity index (χ4n) is 2.21. The molecule has 120 valence electrons. The Morgan fingerprint density at radius 3 is 2.61 bits per heavy atom. The molecule has 0 heterocycles. The van der Waals surface area contributed by atoms with E-state index < -0.39 is 0 Å². The van der Waals surface area contributed by atoms with Gasteiger partial charge in [0.15, 0.2) is 5.78 Å². The number of nitrogens with one attached hydrogen (secondary N) is 1. The number of carbonyl (C=O) groups is 2. The van der Waals surface area contributed by atoms with E-state index in [9.17, 15) is 9.59 Å². The lowest BCUT2D eigenvalue weighted by Crippen LogP contribution is -2.35. The third kappa shape index (κ3) is 5.34. The van der Waals surface area contributed by atoms with Crippen LogP contribution in [0.5, 0.6) is 0 Å². The molecule has 2 aromatic rings. The topological polar surface area (TPSA) is 66.4 Å². The molecular weight excluding hydrogens is 290 g/mol. The summed E-state index contributed by atoms with van der Waals surface area (Å²) in [4.78, 5) is 23.4. The van der Waals surface area contributed by atoms with Crippen LogP contribution < -0.4 is 5.32 Å². The fourth-order valence-corrected chi connectivity index (χ4v) is 2.21. The van der Waals surface area contributed by atoms with Gasteiger partial charge in [-0.15, -0.1) is 0 Å². The zero-order valence-corrected chi connectivity index (χ0v) is 13.2. The Hall–Kier alpha value is -2.46. The summed E-state index contributed by atoms with van der Waals surface area (Å²) in [7, 11) is 0. The summed E-state index contributed by atoms with van der Waals surface area (Å²) in [5.41, 5.74) is 0.954. The lowest BCUT2D eigenvalue weighted by molar-refractivity contribution is -0.124. The number of benzene rings is 2. The van der Waals surface area contributed by atoms with Gasteiger partial charge in [0.05, 0.1) is 6.61 Å². The maximum Gasteiger partial charge on any atom is 0.220 e. The summed E-state index contributed by atoms with van der Waals surface area (Å²) < 4.78 is 0. The number of rotatable bonds is 7. The van der Waals surface area contributed by atoms with Gasteiger partial charge >= 0.3 is 0 Å². The number of amides is 1. The minimum absolute atomic E-state index is 0.0926. The molecule has 1 amide bonds. The Bertz CT molecular complexity index is 721. The van der Waals surface area contributed by atoms with Crippen molar-refractivity contribution in [2.24, 2.45) is 0 Å². The summed E-state index contributed by atoms with van der Waals surface area (Å²) in [6.45, 7) is 1.60. The molecule has 0 unspecified atom stereocenters. The van der Waals surface area contributed by atoms with E-state index in [4.69, 9.17) is 5.11 Å². The van der Waals surface area contributed by atoms with Gasteiger partial charge in [0.2, 0.25) is 5.91 Å². The summed E-state index contributed by atoms with van der Waals surface area (Å²) in [5.74, 6) is -0.316. The number of carbonyl (C=O) groups excluding carboxylic acids is 2. The van der Waals surface area contributed by atoms with Crippen molar-refractivity contribution in [2.75, 3.05) is 6.61 Å². The molecule has 0 radical (unpaired) electrons. The minimum Gasteiger partial charge on any atom is -0.394 e. The van der Waals surface area contributed by atoms with Crippen LogP contribution >= 0.6 is 0 Å². The van der Waals surface area contributed by atoms with Crippen LogP contribution in [0.2, 0.25) is 0 Å². The van der Waals surface area contributed by atoms with Gasteiger partial charge in [0, 0.05) is 18.9 Å². The average Bonchev–Trinajstić information content (AvgIpc) is 2.57. The number of hydrogen-bond donors (Lipinski definition) is 2. The molecule has 0 bridgehead atoms. The van der Waals surface area contributed by atoms with Gasteiger partial charge in [-0.3, -0.25) is 9.59 Å². The first kappa shape index (κ1) is 16.9. The molecule has 2 aromatic carbocycles. The minimum atomic E-state index is -0.286. The highest BCUT2D eigenvalue weighted by Gasteiger charge is 2.07. The molecule has 2 rings (SSSR count). The summed E-state index contributed by atoms with van der Waals surface area (Å²) >= 11 is 0. The predicted octanol–water partition coefficient (Wildman–Crippen LogP) is 2.70. The molecule has 0 aliphatic rings. The highest BCUT2D eigenvalue weighted by Crippen LogP contribution is 2.16. The maximum atomic E-state index is 11.8. The molecule has 23 heavy (non-hydrogen) atoms. The number of aliphatic hydroxyl groups is 1. The third-order valence-corrected chi connectivity index (χ3v) is 3.51. The Morgan fingerprint density at radius 2 is 1.87 bits per heavy atom. The normalized spacial score (nSPS) is 12.4. The molecule has 0 aromatic heterocycles. The number of aliphatic hydroxyl groups excluding tert-OH is 1. The van der Waals surface area contributed by atoms with Crippen molar-refractivity contribution >= 4 is 28.5 Å². The number of allylic oxidation sites excluding steroid dienone is 1. The van der Waals surface area contributed by atoms with Gasteiger partial charge in [0.1, 0.15) is 0 Å². The fraction of sp³-hybridized carbons (Fsp3) is 0.263. The third-order valence-electron chi connectivity index (χ3n) is 3.51. The highest BCUT2D eigenvalue weighted by atomic mass is 16.3. The molecule has 4 nitrogen and oxygen atoms in total. The molecule has 4 heteroatoms. The van der Waals surface area contributed by atoms with Crippen molar-refractivity contribution in [2.45, 2.75) is 25.8 Å². The molecule has 1 atom stereocenters. The monoisotopic (exact) mass is 311 g/mol. The predicted molar refractivity (Wildman–Crippen MR) is 91.9 cm³/mol. The number of hydrogen-bond acceptors (Lipinski definition) is 3. The van der Waals surface area contributed by atoms with Crippen molar-refractivity contribution in [3.05, 3.63) is 54.1 Å². The van der Waals surface area contributed by atoms with Gasteiger partial charge in [-0.05, 0) is 35.4 Å². The number of fused-ring (bicyclic) bond motifs is 1. The molecule has 0 saturated heterocycles. The van der Waals surface area contributed by atoms with Crippen LogP contribution in [-0.2, 0) is 9.59 Å². The molecule has 0 aliphatic heterocycles. The van der Waals surface area contributed by atoms with Crippen molar-refractivity contribution < 1.29 is 14.7 Å². The second-order valence-corrected chi connectivity index (χ2v) is 5.56. The van der Waals surface area contributed by atoms with E-state index >= 15 is 0 Å². The average molecular weight is 311 g/mol. The van der Waals surface area contributed by atoms with Crippen molar-refractivity contribution in [1.82, 2.24) is 5.32 Å². The van der Waals surface area contributed by atoms with E-state index in [-0.39, 0.29) is 37.2 Å². The first-order valence-corrected chi connectivity index (χ1v) is 7.68. The molecule has 2 N–H and O–H groups in total. The maximum absolute atomic E-state index is 11.8. The Labute approximate surface area is 135 Å². The van der Waals surface area contributed by atoms with Crippen LogP contribution in [-0.4, -0.2) is 29.4 Å². The molecule has 0 aliphatic carbocycles. The van der Waals surface area contributed by atoms with Crippen LogP contribution in [0.15, 0.2) is 48.5 Å².